The number of carbonyl (C=O) groups is 1. The zero-order valence-electron chi connectivity index (χ0n) is 18.3. The minimum absolute atomic E-state index is 0.0867. The molecular weight excluding hydrogens is 392 g/mol. The highest BCUT2D eigenvalue weighted by Gasteiger charge is 2.23. The lowest BCUT2D eigenvalue weighted by atomic mass is 10.1. The standard InChI is InChI=1S/C24H28N4O3/c1-4-25-11-13-26(14-12-25)22(29)16-27-21-8-6-5-7-20(21)23(30)28(24(27)31)19-10-9-17(2)18(3)15-19/h5-10,15H,4,11-14,16H2,1-3H3. The molecule has 3 aromatic rings. The van der Waals surface area contributed by atoms with E-state index in [4.69, 9.17) is 0 Å². The summed E-state index contributed by atoms with van der Waals surface area (Å²) in [5.74, 6) is -0.103. The number of rotatable bonds is 4. The van der Waals surface area contributed by atoms with Gasteiger partial charge < -0.3 is 9.80 Å². The highest BCUT2D eigenvalue weighted by Crippen LogP contribution is 2.14. The van der Waals surface area contributed by atoms with Crippen molar-refractivity contribution in [2.24, 2.45) is 0 Å². The van der Waals surface area contributed by atoms with Crippen LogP contribution in [0.15, 0.2) is 52.1 Å². The van der Waals surface area contributed by atoms with Crippen molar-refractivity contribution in [2.75, 3.05) is 32.7 Å². The van der Waals surface area contributed by atoms with Crippen LogP contribution in [0.3, 0.4) is 0 Å². The second kappa shape index (κ2) is 8.51. The lowest BCUT2D eigenvalue weighted by Gasteiger charge is -2.34. The Hall–Kier alpha value is -3.19. The van der Waals surface area contributed by atoms with Crippen LogP contribution in [0.25, 0.3) is 16.6 Å². The summed E-state index contributed by atoms with van der Waals surface area (Å²) in [5.41, 5.74) is 2.21. The number of carbonyl (C=O) groups excluding carboxylic acids is 1. The Balaban J connectivity index is 1.80. The van der Waals surface area contributed by atoms with E-state index < -0.39 is 5.69 Å². The Morgan fingerprint density at radius 1 is 0.935 bits per heavy atom. The number of benzene rings is 2. The van der Waals surface area contributed by atoms with E-state index in [2.05, 4.69) is 11.8 Å². The first kappa shape index (κ1) is 21.1. The topological polar surface area (TPSA) is 67.5 Å². The van der Waals surface area contributed by atoms with Gasteiger partial charge in [0.2, 0.25) is 5.91 Å². The maximum absolute atomic E-state index is 13.5. The van der Waals surface area contributed by atoms with E-state index in [1.807, 2.05) is 26.0 Å². The Morgan fingerprint density at radius 2 is 1.65 bits per heavy atom. The first-order chi connectivity index (χ1) is 14.9. The number of likely N-dealkylation sites (N-methyl/N-ethyl adjacent to an activating group) is 1. The van der Waals surface area contributed by atoms with Crippen molar-refractivity contribution < 1.29 is 4.79 Å². The van der Waals surface area contributed by atoms with E-state index in [9.17, 15) is 14.4 Å². The molecule has 0 aliphatic carbocycles. The molecule has 1 aromatic heterocycles. The Morgan fingerprint density at radius 3 is 2.32 bits per heavy atom. The molecule has 162 valence electrons. The Labute approximate surface area is 181 Å². The Kier molecular flexibility index (Phi) is 5.78. The van der Waals surface area contributed by atoms with Crippen LogP contribution >= 0.6 is 0 Å². The predicted molar refractivity (Wildman–Crippen MR) is 122 cm³/mol. The van der Waals surface area contributed by atoms with Crippen molar-refractivity contribution in [1.29, 1.82) is 0 Å². The number of amides is 1. The molecule has 0 spiro atoms. The van der Waals surface area contributed by atoms with Crippen LogP contribution in [-0.2, 0) is 11.3 Å². The largest absolute Gasteiger partial charge is 0.339 e. The van der Waals surface area contributed by atoms with E-state index >= 15 is 0 Å². The summed E-state index contributed by atoms with van der Waals surface area (Å²) in [4.78, 5) is 43.8. The zero-order chi connectivity index (χ0) is 22.1. The second-order valence-corrected chi connectivity index (χ2v) is 8.11. The Bertz CT molecular complexity index is 1250. The lowest BCUT2D eigenvalue weighted by molar-refractivity contribution is -0.133. The summed E-state index contributed by atoms with van der Waals surface area (Å²) < 4.78 is 2.61. The fourth-order valence-electron chi connectivity index (χ4n) is 4.11. The molecular formula is C24H28N4O3. The van der Waals surface area contributed by atoms with Crippen LogP contribution in [0.2, 0.25) is 0 Å². The van der Waals surface area contributed by atoms with Crippen molar-refractivity contribution >= 4 is 16.8 Å². The summed E-state index contributed by atoms with van der Waals surface area (Å²) in [7, 11) is 0. The monoisotopic (exact) mass is 420 g/mol. The van der Waals surface area contributed by atoms with Crippen molar-refractivity contribution in [3.8, 4) is 5.69 Å². The van der Waals surface area contributed by atoms with Gasteiger partial charge in [0.05, 0.1) is 16.6 Å². The minimum Gasteiger partial charge on any atom is -0.339 e. The van der Waals surface area contributed by atoms with Gasteiger partial charge in [0.25, 0.3) is 5.56 Å². The highest BCUT2D eigenvalue weighted by atomic mass is 16.2. The molecule has 0 bridgehead atoms. The summed E-state index contributed by atoms with van der Waals surface area (Å²) in [6.45, 7) is 9.88. The van der Waals surface area contributed by atoms with Gasteiger partial charge in [0.15, 0.2) is 0 Å². The van der Waals surface area contributed by atoms with Gasteiger partial charge in [-0.2, -0.15) is 0 Å². The highest BCUT2D eigenvalue weighted by molar-refractivity contribution is 5.82. The normalized spacial score (nSPS) is 14.9. The quantitative estimate of drug-likeness (QED) is 0.647. The first-order valence-corrected chi connectivity index (χ1v) is 10.7. The molecule has 0 atom stereocenters. The van der Waals surface area contributed by atoms with Crippen LogP contribution in [0.5, 0.6) is 0 Å². The maximum Gasteiger partial charge on any atom is 0.336 e. The SMILES string of the molecule is CCN1CCN(C(=O)Cn2c(=O)n(-c3ccc(C)c(C)c3)c(=O)c3ccccc32)CC1. The van der Waals surface area contributed by atoms with Gasteiger partial charge in [-0.3, -0.25) is 14.2 Å². The predicted octanol–water partition coefficient (Wildman–Crippen LogP) is 1.93. The van der Waals surface area contributed by atoms with Crippen LogP contribution in [0.4, 0.5) is 0 Å². The molecule has 0 N–H and O–H groups in total. The zero-order valence-corrected chi connectivity index (χ0v) is 18.3. The number of hydrogen-bond acceptors (Lipinski definition) is 4. The second-order valence-electron chi connectivity index (χ2n) is 8.11. The molecule has 0 radical (unpaired) electrons. The van der Waals surface area contributed by atoms with E-state index in [-0.39, 0.29) is 18.0 Å². The van der Waals surface area contributed by atoms with Crippen molar-refractivity contribution in [3.05, 3.63) is 74.4 Å². The van der Waals surface area contributed by atoms with Gasteiger partial charge >= 0.3 is 5.69 Å². The smallest absolute Gasteiger partial charge is 0.336 e. The molecule has 1 fully saturated rings. The van der Waals surface area contributed by atoms with E-state index in [1.54, 1.807) is 35.2 Å². The minimum atomic E-state index is -0.493. The number of nitrogens with zero attached hydrogens (tertiary/aromatic N) is 4. The average molecular weight is 421 g/mol. The molecule has 31 heavy (non-hydrogen) atoms. The average Bonchev–Trinajstić information content (AvgIpc) is 2.79. The van der Waals surface area contributed by atoms with Crippen molar-refractivity contribution in [1.82, 2.24) is 18.9 Å². The molecule has 2 heterocycles. The third kappa shape index (κ3) is 3.93. The van der Waals surface area contributed by atoms with Gasteiger partial charge in [0.1, 0.15) is 6.54 Å². The molecule has 7 heteroatoms. The first-order valence-electron chi connectivity index (χ1n) is 10.7. The summed E-state index contributed by atoms with van der Waals surface area (Å²) in [6, 6.07) is 12.5. The van der Waals surface area contributed by atoms with Crippen molar-refractivity contribution in [2.45, 2.75) is 27.3 Å². The fourth-order valence-corrected chi connectivity index (χ4v) is 4.11. The van der Waals surface area contributed by atoms with Gasteiger partial charge in [-0.25, -0.2) is 9.36 Å². The van der Waals surface area contributed by atoms with E-state index in [1.165, 1.54) is 9.13 Å². The molecule has 0 unspecified atom stereocenters. The molecule has 2 aromatic carbocycles. The molecule has 1 saturated heterocycles. The van der Waals surface area contributed by atoms with Crippen LogP contribution in [0, 0.1) is 13.8 Å². The van der Waals surface area contributed by atoms with Gasteiger partial charge in [0, 0.05) is 26.2 Å². The third-order valence-corrected chi connectivity index (χ3v) is 6.26. The molecule has 7 nitrogen and oxygen atoms in total. The molecule has 1 amide bonds. The van der Waals surface area contributed by atoms with Crippen LogP contribution < -0.4 is 11.2 Å². The summed E-state index contributed by atoms with van der Waals surface area (Å²) in [6.07, 6.45) is 0. The number of para-hydroxylation sites is 1. The van der Waals surface area contributed by atoms with E-state index in [0.717, 1.165) is 30.8 Å². The summed E-state index contributed by atoms with van der Waals surface area (Å²) in [5, 5.41) is 0.420. The van der Waals surface area contributed by atoms with Crippen LogP contribution in [0.1, 0.15) is 18.1 Å². The van der Waals surface area contributed by atoms with Gasteiger partial charge in [-0.1, -0.05) is 25.1 Å². The molecule has 4 rings (SSSR count). The summed E-state index contributed by atoms with van der Waals surface area (Å²) >= 11 is 0. The van der Waals surface area contributed by atoms with Crippen molar-refractivity contribution in [3.63, 3.8) is 0 Å². The number of piperazine rings is 1. The maximum atomic E-state index is 13.5. The number of hydrogen-bond donors (Lipinski definition) is 0. The number of fused-ring (bicyclic) bond motifs is 1. The fraction of sp³-hybridized carbons (Fsp3) is 0.375. The molecule has 0 saturated carbocycles. The van der Waals surface area contributed by atoms with Crippen LogP contribution in [-0.4, -0.2) is 57.6 Å². The molecule has 1 aliphatic heterocycles. The van der Waals surface area contributed by atoms with Gasteiger partial charge in [-0.15, -0.1) is 0 Å². The number of aromatic nitrogens is 2. The lowest BCUT2D eigenvalue weighted by Crippen LogP contribution is -2.50. The van der Waals surface area contributed by atoms with Gasteiger partial charge in [-0.05, 0) is 55.8 Å². The van der Waals surface area contributed by atoms with E-state index in [0.29, 0.717) is 29.7 Å². The third-order valence-electron chi connectivity index (χ3n) is 6.26. The number of aryl methyl sites for hydroxylation is 2. The molecule has 1 aliphatic rings.